The fourth-order valence-corrected chi connectivity index (χ4v) is 5.83. The van der Waals surface area contributed by atoms with Crippen molar-refractivity contribution in [2.24, 2.45) is 0 Å². The standard InChI is InChI=1S/C33H20N4S/c38-32-25-13-7-8-14-27(25)34-31-26-19-23(21-9-3-1-4-10-21)15-17-29(26)36-30-18-16-24(22-11-5-2-6-12-22)20-28(30)35-33(36)37(31)32/h1-20H. The Labute approximate surface area is 223 Å². The Kier molecular flexibility index (Phi) is 4.51. The molecule has 0 N–H and O–H groups in total. The van der Waals surface area contributed by atoms with Crippen molar-refractivity contribution in [3.63, 3.8) is 0 Å². The summed E-state index contributed by atoms with van der Waals surface area (Å²) in [6, 6.07) is 42.0. The van der Waals surface area contributed by atoms with Crippen LogP contribution in [0, 0.1) is 4.64 Å². The van der Waals surface area contributed by atoms with Crippen molar-refractivity contribution in [1.29, 1.82) is 0 Å². The highest BCUT2D eigenvalue weighted by atomic mass is 32.1. The summed E-state index contributed by atoms with van der Waals surface area (Å²) >= 11 is 6.09. The zero-order valence-electron chi connectivity index (χ0n) is 20.2. The molecule has 38 heavy (non-hydrogen) atoms. The average Bonchev–Trinajstić information content (AvgIpc) is 3.36. The minimum atomic E-state index is 0.709. The summed E-state index contributed by atoms with van der Waals surface area (Å²) in [7, 11) is 0. The second kappa shape index (κ2) is 8.07. The molecule has 4 nitrogen and oxygen atoms in total. The van der Waals surface area contributed by atoms with Gasteiger partial charge in [0.15, 0.2) is 5.65 Å². The molecule has 0 fully saturated rings. The van der Waals surface area contributed by atoms with Gasteiger partial charge in [0.1, 0.15) is 4.64 Å². The predicted molar refractivity (Wildman–Crippen MR) is 158 cm³/mol. The third kappa shape index (κ3) is 3.06. The number of rotatable bonds is 2. The quantitative estimate of drug-likeness (QED) is 0.134. The molecular weight excluding hydrogens is 484 g/mol. The van der Waals surface area contributed by atoms with Crippen LogP contribution in [-0.2, 0) is 0 Å². The normalized spacial score (nSPS) is 11.8. The van der Waals surface area contributed by atoms with E-state index in [9.17, 15) is 0 Å². The van der Waals surface area contributed by atoms with Crippen LogP contribution in [0.2, 0.25) is 0 Å². The Morgan fingerprint density at radius 3 is 1.84 bits per heavy atom. The summed E-state index contributed by atoms with van der Waals surface area (Å²) in [6.45, 7) is 0. The maximum absolute atomic E-state index is 6.09. The van der Waals surface area contributed by atoms with Crippen LogP contribution in [0.4, 0.5) is 0 Å². The molecule has 0 aliphatic heterocycles. The number of hydrogen-bond acceptors (Lipinski definition) is 3. The number of aromatic nitrogens is 4. The van der Waals surface area contributed by atoms with Gasteiger partial charge < -0.3 is 0 Å². The molecule has 0 bridgehead atoms. The van der Waals surface area contributed by atoms with Crippen molar-refractivity contribution < 1.29 is 0 Å². The molecule has 8 aromatic rings. The van der Waals surface area contributed by atoms with Crippen molar-refractivity contribution in [2.45, 2.75) is 0 Å². The molecule has 0 aliphatic rings. The molecule has 0 saturated carbocycles. The highest BCUT2D eigenvalue weighted by Crippen LogP contribution is 2.33. The van der Waals surface area contributed by atoms with Crippen LogP contribution >= 0.6 is 12.2 Å². The number of para-hydroxylation sites is 1. The number of benzene rings is 5. The van der Waals surface area contributed by atoms with Crippen LogP contribution < -0.4 is 0 Å². The first-order valence-corrected chi connectivity index (χ1v) is 13.0. The van der Waals surface area contributed by atoms with Gasteiger partial charge in [-0.3, -0.25) is 8.80 Å². The van der Waals surface area contributed by atoms with E-state index in [1.54, 1.807) is 0 Å². The summed E-state index contributed by atoms with van der Waals surface area (Å²) in [6.07, 6.45) is 0. The second-order valence-electron chi connectivity index (χ2n) is 9.51. The van der Waals surface area contributed by atoms with E-state index < -0.39 is 0 Å². The van der Waals surface area contributed by atoms with E-state index in [4.69, 9.17) is 22.2 Å². The topological polar surface area (TPSA) is 34.6 Å². The SMILES string of the molecule is S=c1c2ccccc2nc2c3cc(-c4ccccc4)ccc3n3c4ccc(-c5ccccc5)cc4nc3n12. The first-order chi connectivity index (χ1) is 18.8. The molecule has 3 aromatic heterocycles. The third-order valence-corrected chi connectivity index (χ3v) is 7.71. The van der Waals surface area contributed by atoms with E-state index in [1.165, 1.54) is 0 Å². The molecule has 0 spiro atoms. The van der Waals surface area contributed by atoms with Gasteiger partial charge in [0, 0.05) is 10.8 Å². The molecule has 3 heterocycles. The molecule has 0 saturated heterocycles. The predicted octanol–water partition coefficient (Wildman–Crippen LogP) is 8.51. The molecule has 0 atom stereocenters. The molecule has 0 radical (unpaired) electrons. The minimum absolute atomic E-state index is 0.709. The first kappa shape index (κ1) is 21.2. The van der Waals surface area contributed by atoms with E-state index in [0.29, 0.717) is 4.64 Å². The van der Waals surface area contributed by atoms with Gasteiger partial charge in [-0.25, -0.2) is 9.97 Å². The zero-order chi connectivity index (χ0) is 25.2. The van der Waals surface area contributed by atoms with Crippen LogP contribution in [-0.4, -0.2) is 18.8 Å². The van der Waals surface area contributed by atoms with Gasteiger partial charge in [0.25, 0.3) is 0 Å². The smallest absolute Gasteiger partial charge is 0.222 e. The van der Waals surface area contributed by atoms with Crippen LogP contribution in [0.3, 0.4) is 0 Å². The van der Waals surface area contributed by atoms with Crippen LogP contribution in [0.5, 0.6) is 0 Å². The van der Waals surface area contributed by atoms with Gasteiger partial charge in [-0.15, -0.1) is 0 Å². The van der Waals surface area contributed by atoms with Crippen LogP contribution in [0.15, 0.2) is 121 Å². The molecular formula is C33H20N4S. The second-order valence-corrected chi connectivity index (χ2v) is 9.89. The van der Waals surface area contributed by atoms with Gasteiger partial charge in [-0.2, -0.15) is 0 Å². The largest absolute Gasteiger partial charge is 0.277 e. The fraction of sp³-hybridized carbons (Fsp3) is 0. The highest BCUT2D eigenvalue weighted by molar-refractivity contribution is 7.71. The Hall–Kier alpha value is -4.87. The molecule has 5 aromatic carbocycles. The lowest BCUT2D eigenvalue weighted by molar-refractivity contribution is 1.08. The Bertz CT molecular complexity index is 2250. The maximum Gasteiger partial charge on any atom is 0.222 e. The van der Waals surface area contributed by atoms with Gasteiger partial charge in [-0.1, -0.05) is 97.1 Å². The third-order valence-electron chi connectivity index (χ3n) is 7.31. The summed E-state index contributed by atoms with van der Waals surface area (Å²) in [5, 5.41) is 1.97. The van der Waals surface area contributed by atoms with E-state index in [2.05, 4.69) is 89.3 Å². The van der Waals surface area contributed by atoms with Gasteiger partial charge in [-0.05, 0) is 58.7 Å². The van der Waals surface area contributed by atoms with Crippen molar-refractivity contribution >= 4 is 56.5 Å². The number of fused-ring (bicyclic) bond motifs is 9. The monoisotopic (exact) mass is 504 g/mol. The highest BCUT2D eigenvalue weighted by Gasteiger charge is 2.17. The van der Waals surface area contributed by atoms with Crippen molar-refractivity contribution in [3.05, 3.63) is 126 Å². The van der Waals surface area contributed by atoms with Crippen molar-refractivity contribution in [1.82, 2.24) is 18.8 Å². The first-order valence-electron chi connectivity index (χ1n) is 12.6. The fourth-order valence-electron chi connectivity index (χ4n) is 5.48. The number of nitrogens with zero attached hydrogens (tertiary/aromatic N) is 4. The van der Waals surface area contributed by atoms with Crippen molar-refractivity contribution in [3.8, 4) is 22.3 Å². The van der Waals surface area contributed by atoms with E-state index >= 15 is 0 Å². The van der Waals surface area contributed by atoms with E-state index in [-0.39, 0.29) is 0 Å². The number of hydrogen-bond donors (Lipinski definition) is 0. The van der Waals surface area contributed by atoms with Gasteiger partial charge in [0.2, 0.25) is 5.78 Å². The van der Waals surface area contributed by atoms with E-state index in [0.717, 1.165) is 66.5 Å². The Morgan fingerprint density at radius 2 is 1.11 bits per heavy atom. The summed E-state index contributed by atoms with van der Waals surface area (Å²) in [5.41, 5.74) is 9.30. The minimum Gasteiger partial charge on any atom is -0.277 e. The average molecular weight is 505 g/mol. The Morgan fingerprint density at radius 1 is 0.474 bits per heavy atom. The van der Waals surface area contributed by atoms with Crippen LogP contribution in [0.1, 0.15) is 0 Å². The van der Waals surface area contributed by atoms with Crippen molar-refractivity contribution in [2.75, 3.05) is 0 Å². The molecule has 0 amide bonds. The molecule has 5 heteroatoms. The summed E-state index contributed by atoms with van der Waals surface area (Å²) in [5.74, 6) is 0.767. The molecule has 178 valence electrons. The lowest BCUT2D eigenvalue weighted by atomic mass is 10.0. The van der Waals surface area contributed by atoms with Gasteiger partial charge in [0.05, 0.1) is 22.1 Å². The summed E-state index contributed by atoms with van der Waals surface area (Å²) < 4.78 is 4.96. The Balaban J connectivity index is 1.56. The zero-order valence-corrected chi connectivity index (χ0v) is 21.1. The molecule has 0 unspecified atom stereocenters. The number of imidazole rings is 1. The molecule has 8 rings (SSSR count). The summed E-state index contributed by atoms with van der Waals surface area (Å²) in [4.78, 5) is 10.3. The lowest BCUT2D eigenvalue weighted by Crippen LogP contribution is -2.03. The molecule has 0 aliphatic carbocycles. The lowest BCUT2D eigenvalue weighted by Gasteiger charge is -2.13. The maximum atomic E-state index is 6.09. The van der Waals surface area contributed by atoms with Crippen LogP contribution in [0.25, 0.3) is 66.5 Å². The van der Waals surface area contributed by atoms with E-state index in [1.807, 2.05) is 40.8 Å². The van der Waals surface area contributed by atoms with Gasteiger partial charge >= 0.3 is 0 Å².